The van der Waals surface area contributed by atoms with Gasteiger partial charge in [-0.1, -0.05) is 0 Å². The van der Waals surface area contributed by atoms with Gasteiger partial charge in [0.1, 0.15) is 0 Å². The monoisotopic (exact) mass is 198 g/mol. The van der Waals surface area contributed by atoms with E-state index in [9.17, 15) is 18.0 Å². The molecule has 0 aliphatic carbocycles. The van der Waals surface area contributed by atoms with Gasteiger partial charge in [0.05, 0.1) is 12.7 Å². The number of esters is 1. The van der Waals surface area contributed by atoms with Crippen molar-refractivity contribution in [2.45, 2.75) is 31.7 Å². The fourth-order valence-corrected chi connectivity index (χ4v) is 0.779. The first-order chi connectivity index (χ1) is 5.79. The Labute approximate surface area is 72.8 Å². The highest BCUT2D eigenvalue weighted by molar-refractivity contribution is 5.83. The molecule has 0 N–H and O–H groups in total. The van der Waals surface area contributed by atoms with Crippen LogP contribution in [0.1, 0.15) is 13.8 Å². The lowest BCUT2D eigenvalue weighted by molar-refractivity contribution is -0.206. The molecule has 0 aromatic rings. The van der Waals surface area contributed by atoms with Crippen LogP contribution in [0.2, 0.25) is 0 Å². The fourth-order valence-electron chi connectivity index (χ4n) is 0.779. The third-order valence-corrected chi connectivity index (χ3v) is 1.56. The molecule has 6 heteroatoms. The van der Waals surface area contributed by atoms with E-state index in [-0.39, 0.29) is 0 Å². The maximum atomic E-state index is 12.2. The minimum atomic E-state index is -4.68. The minimum Gasteiger partial charge on any atom is -0.461 e. The van der Waals surface area contributed by atoms with E-state index in [0.29, 0.717) is 0 Å². The van der Waals surface area contributed by atoms with E-state index in [2.05, 4.69) is 9.47 Å². The van der Waals surface area contributed by atoms with Crippen LogP contribution < -0.4 is 0 Å². The van der Waals surface area contributed by atoms with Gasteiger partial charge in [-0.25, -0.2) is 4.79 Å². The van der Waals surface area contributed by atoms with Gasteiger partial charge in [-0.2, -0.15) is 13.2 Å². The molecule has 1 atom stereocenters. The molecule has 1 unspecified atom stereocenters. The molecule has 0 amide bonds. The molecule has 1 rings (SSSR count). The fraction of sp³-hybridized carbons (Fsp3) is 0.857. The van der Waals surface area contributed by atoms with Crippen molar-refractivity contribution in [3.63, 3.8) is 0 Å². The van der Waals surface area contributed by atoms with Crippen molar-refractivity contribution in [1.82, 2.24) is 0 Å². The number of alkyl halides is 3. The Hall–Kier alpha value is -0.780. The first kappa shape index (κ1) is 10.3. The van der Waals surface area contributed by atoms with Gasteiger partial charge in [0.15, 0.2) is 0 Å². The molecular formula is C7H9F3O3. The third-order valence-electron chi connectivity index (χ3n) is 1.56. The van der Waals surface area contributed by atoms with Crippen LogP contribution in [-0.2, 0) is 14.3 Å². The van der Waals surface area contributed by atoms with Gasteiger partial charge in [0.25, 0.3) is 5.60 Å². The minimum absolute atomic E-state index is 0.573. The van der Waals surface area contributed by atoms with E-state index in [1.54, 1.807) is 0 Å². The summed E-state index contributed by atoms with van der Waals surface area (Å²) in [7, 11) is 0. The Morgan fingerprint density at radius 3 is 2.23 bits per heavy atom. The van der Waals surface area contributed by atoms with Gasteiger partial charge < -0.3 is 9.47 Å². The zero-order valence-corrected chi connectivity index (χ0v) is 7.14. The third kappa shape index (κ3) is 1.77. The lowest BCUT2D eigenvalue weighted by Gasteiger charge is -2.16. The lowest BCUT2D eigenvalue weighted by atomic mass is 10.1. The molecular weight excluding hydrogens is 189 g/mol. The van der Waals surface area contributed by atoms with Crippen LogP contribution in [0.25, 0.3) is 0 Å². The summed E-state index contributed by atoms with van der Waals surface area (Å²) in [6.07, 6.45) is -5.25. The summed E-state index contributed by atoms with van der Waals surface area (Å²) >= 11 is 0. The average molecular weight is 198 g/mol. The van der Waals surface area contributed by atoms with Gasteiger partial charge in [0.2, 0.25) is 0 Å². The van der Waals surface area contributed by atoms with Crippen molar-refractivity contribution in [3.8, 4) is 0 Å². The number of carbonyl (C=O) groups excluding carboxylic acids is 1. The largest absolute Gasteiger partial charge is 0.461 e. The number of ether oxygens (including phenoxy) is 2. The van der Waals surface area contributed by atoms with Crippen LogP contribution in [0.15, 0.2) is 0 Å². The van der Waals surface area contributed by atoms with Crippen molar-refractivity contribution in [1.29, 1.82) is 0 Å². The second kappa shape index (κ2) is 2.87. The van der Waals surface area contributed by atoms with E-state index in [1.165, 1.54) is 13.8 Å². The Morgan fingerprint density at radius 1 is 1.54 bits per heavy atom. The molecule has 0 bridgehead atoms. The molecule has 1 aliphatic heterocycles. The molecule has 1 aliphatic rings. The Morgan fingerprint density at radius 2 is 2.00 bits per heavy atom. The van der Waals surface area contributed by atoms with Crippen LogP contribution in [0, 0.1) is 0 Å². The van der Waals surface area contributed by atoms with Crippen molar-refractivity contribution in [2.75, 3.05) is 6.61 Å². The van der Waals surface area contributed by atoms with E-state index in [1.807, 2.05) is 0 Å². The molecule has 1 saturated heterocycles. The van der Waals surface area contributed by atoms with Crippen LogP contribution in [0.3, 0.4) is 0 Å². The topological polar surface area (TPSA) is 38.8 Å². The summed E-state index contributed by atoms with van der Waals surface area (Å²) in [5.74, 6) is -1.35. The van der Waals surface area contributed by atoms with Gasteiger partial charge in [-0.05, 0) is 13.8 Å². The second-order valence-corrected chi connectivity index (χ2v) is 3.07. The lowest BCUT2D eigenvalue weighted by Crippen LogP contribution is -2.42. The number of hydrogen-bond acceptors (Lipinski definition) is 3. The highest BCUT2D eigenvalue weighted by Gasteiger charge is 2.73. The quantitative estimate of drug-likeness (QED) is 0.495. The number of rotatable bonds is 2. The highest BCUT2D eigenvalue weighted by atomic mass is 19.4. The standard InChI is InChI=1S/C7H9F3O3/c1-4(2)13-5(11)6(3-12-6)7(8,9)10/h4H,3H2,1-2H3. The first-order valence-corrected chi connectivity index (χ1v) is 3.71. The molecule has 1 heterocycles. The number of halogens is 3. The van der Waals surface area contributed by atoms with E-state index >= 15 is 0 Å². The molecule has 0 aromatic carbocycles. The second-order valence-electron chi connectivity index (χ2n) is 3.07. The van der Waals surface area contributed by atoms with Crippen molar-refractivity contribution >= 4 is 5.97 Å². The maximum absolute atomic E-state index is 12.2. The van der Waals surface area contributed by atoms with Gasteiger partial charge in [0, 0.05) is 0 Å². The molecule has 0 spiro atoms. The average Bonchev–Trinajstić information content (AvgIpc) is 2.60. The maximum Gasteiger partial charge on any atom is 0.430 e. The summed E-state index contributed by atoms with van der Waals surface area (Å²) in [6, 6.07) is 0. The summed E-state index contributed by atoms with van der Waals surface area (Å²) in [4.78, 5) is 10.9. The van der Waals surface area contributed by atoms with Gasteiger partial charge in [-0.3, -0.25) is 0 Å². The number of epoxide rings is 1. The SMILES string of the molecule is CC(C)OC(=O)C1(C(F)(F)F)CO1. The predicted octanol–water partition coefficient (Wildman–Crippen LogP) is 1.27. The molecule has 76 valence electrons. The number of hydrogen-bond donors (Lipinski definition) is 0. The van der Waals surface area contributed by atoms with Crippen LogP contribution in [0.5, 0.6) is 0 Å². The molecule has 0 saturated carbocycles. The Balaban J connectivity index is 2.66. The van der Waals surface area contributed by atoms with Crippen molar-refractivity contribution in [3.05, 3.63) is 0 Å². The van der Waals surface area contributed by atoms with Crippen molar-refractivity contribution < 1.29 is 27.4 Å². The summed E-state index contributed by atoms with van der Waals surface area (Å²) < 4.78 is 45.1. The smallest absolute Gasteiger partial charge is 0.430 e. The molecule has 1 fully saturated rings. The summed E-state index contributed by atoms with van der Waals surface area (Å²) in [5.41, 5.74) is -2.68. The molecule has 13 heavy (non-hydrogen) atoms. The Kier molecular flexibility index (Phi) is 2.27. The zero-order chi connectivity index (χ0) is 10.3. The van der Waals surface area contributed by atoms with E-state index in [4.69, 9.17) is 0 Å². The normalized spacial score (nSPS) is 27.5. The Bertz CT molecular complexity index is 218. The van der Waals surface area contributed by atoms with E-state index < -0.39 is 30.5 Å². The van der Waals surface area contributed by atoms with Crippen LogP contribution in [0.4, 0.5) is 13.2 Å². The number of carbonyl (C=O) groups is 1. The van der Waals surface area contributed by atoms with Gasteiger partial charge >= 0.3 is 12.1 Å². The molecule has 3 nitrogen and oxygen atoms in total. The predicted molar refractivity (Wildman–Crippen MR) is 36.0 cm³/mol. The van der Waals surface area contributed by atoms with Gasteiger partial charge in [-0.15, -0.1) is 0 Å². The first-order valence-electron chi connectivity index (χ1n) is 3.71. The van der Waals surface area contributed by atoms with Crippen LogP contribution in [-0.4, -0.2) is 30.5 Å². The summed E-state index contributed by atoms with van der Waals surface area (Å²) in [6.45, 7) is 2.32. The molecule has 0 aromatic heterocycles. The van der Waals surface area contributed by atoms with E-state index in [0.717, 1.165) is 0 Å². The van der Waals surface area contributed by atoms with Crippen LogP contribution >= 0.6 is 0 Å². The zero-order valence-electron chi connectivity index (χ0n) is 7.14. The van der Waals surface area contributed by atoms with Crippen molar-refractivity contribution in [2.24, 2.45) is 0 Å². The summed E-state index contributed by atoms with van der Waals surface area (Å²) in [5, 5.41) is 0. The highest BCUT2D eigenvalue weighted by Crippen LogP contribution is 2.44. The molecule has 0 radical (unpaired) electrons.